The molecule has 1 nitrogen and oxygen atoms in total. The molecule has 1 radical (unpaired) electrons. The Balaban J connectivity index is 2.33. The van der Waals surface area contributed by atoms with Crippen molar-refractivity contribution in [2.45, 2.75) is 6.92 Å². The zero-order chi connectivity index (χ0) is 5.28. The molecule has 0 atom stereocenters. The van der Waals surface area contributed by atoms with Gasteiger partial charge in [-0.25, -0.2) is 0 Å². The van der Waals surface area contributed by atoms with Gasteiger partial charge < -0.3 is 0 Å². The third-order valence-electron chi connectivity index (χ3n) is 1.28. The third kappa shape index (κ3) is 1.10. The van der Waals surface area contributed by atoms with Crippen LogP contribution in [-0.4, -0.2) is 24.2 Å². The average molecular weight is 116 g/mol. The number of rotatable bonds is 0. The van der Waals surface area contributed by atoms with Gasteiger partial charge in [-0.15, -0.1) is 11.8 Å². The van der Waals surface area contributed by atoms with Crippen LogP contribution in [0.25, 0.3) is 0 Å². The normalized spacial score (nSPS) is 26.6. The van der Waals surface area contributed by atoms with Crippen molar-refractivity contribution in [3.63, 3.8) is 0 Å². The Morgan fingerprint density at radius 3 is 2.57 bits per heavy atom. The molecular weight excluding hydrogens is 106 g/mol. The van der Waals surface area contributed by atoms with E-state index >= 15 is 0 Å². The maximum atomic E-state index is 2.28. The fourth-order valence-electron chi connectivity index (χ4n) is 0.598. The average Bonchev–Trinajstić information content (AvgIpc) is 1.91. The van der Waals surface area contributed by atoms with Gasteiger partial charge in [0.2, 0.25) is 0 Å². The second-order valence-electron chi connectivity index (χ2n) is 1.79. The van der Waals surface area contributed by atoms with Crippen molar-refractivity contribution in [2.24, 2.45) is 0 Å². The highest BCUT2D eigenvalue weighted by Gasteiger charge is 2.16. The summed E-state index contributed by atoms with van der Waals surface area (Å²) in [7, 11) is 2.13. The van der Waals surface area contributed by atoms with Gasteiger partial charge in [0.25, 0.3) is 0 Å². The fraction of sp³-hybridized carbons (Fsp3) is 0.800. The van der Waals surface area contributed by atoms with Crippen LogP contribution in [0.5, 0.6) is 0 Å². The van der Waals surface area contributed by atoms with Crippen molar-refractivity contribution in [3.8, 4) is 0 Å². The van der Waals surface area contributed by atoms with Crippen molar-refractivity contribution in [1.82, 2.24) is 4.90 Å². The van der Waals surface area contributed by atoms with Crippen LogP contribution >= 0.6 is 11.8 Å². The molecule has 0 aromatic rings. The van der Waals surface area contributed by atoms with Crippen LogP contribution < -0.4 is 0 Å². The van der Waals surface area contributed by atoms with Crippen molar-refractivity contribution >= 4 is 11.8 Å². The molecule has 0 spiro atoms. The lowest BCUT2D eigenvalue weighted by atomic mass is 10.6. The number of hydrogen-bond acceptors (Lipinski definition) is 2. The minimum atomic E-state index is 1.23. The Labute approximate surface area is 49.1 Å². The lowest BCUT2D eigenvalue weighted by molar-refractivity contribution is 0.439. The molecule has 0 saturated carbocycles. The molecule has 0 aliphatic carbocycles. The van der Waals surface area contributed by atoms with Gasteiger partial charge in [-0.3, -0.25) is 4.90 Å². The maximum Gasteiger partial charge on any atom is 0.0917 e. The van der Waals surface area contributed by atoms with Crippen molar-refractivity contribution in [2.75, 3.05) is 19.3 Å². The molecule has 1 heterocycles. The fourth-order valence-corrected chi connectivity index (χ4v) is 1.57. The molecule has 1 rings (SSSR count). The first-order chi connectivity index (χ1) is 3.30. The molecule has 0 amide bonds. The summed E-state index contributed by atoms with van der Waals surface area (Å²) in [5, 5.41) is 1.46. The molecule has 1 fully saturated rings. The number of thioether (sulfide) groups is 1. The first kappa shape index (κ1) is 5.45. The zero-order valence-electron chi connectivity index (χ0n) is 4.77. The molecule has 0 aromatic carbocycles. The number of hydrogen-bond donors (Lipinski definition) is 0. The number of nitrogens with zero attached hydrogens (tertiary/aromatic N) is 1. The molecule has 1 aliphatic heterocycles. The largest absolute Gasteiger partial charge is 0.289 e. The Bertz CT molecular complexity index is 57.1. The van der Waals surface area contributed by atoms with Crippen molar-refractivity contribution in [1.29, 1.82) is 0 Å². The van der Waals surface area contributed by atoms with E-state index in [4.69, 9.17) is 0 Å². The van der Waals surface area contributed by atoms with E-state index in [0.29, 0.717) is 0 Å². The first-order valence-corrected chi connectivity index (χ1v) is 3.47. The molecule has 0 aromatic heterocycles. The van der Waals surface area contributed by atoms with E-state index in [1.54, 1.807) is 0 Å². The summed E-state index contributed by atoms with van der Waals surface area (Å²) in [6.07, 6.45) is 0. The van der Waals surface area contributed by atoms with Gasteiger partial charge in [0.15, 0.2) is 0 Å². The Morgan fingerprint density at radius 2 is 2.43 bits per heavy atom. The Hall–Kier alpha value is 0.310. The van der Waals surface area contributed by atoms with E-state index in [-0.39, 0.29) is 0 Å². The third-order valence-corrected chi connectivity index (χ3v) is 2.39. The van der Waals surface area contributed by atoms with E-state index in [9.17, 15) is 0 Å². The molecule has 41 valence electrons. The molecular formula is C5H10NS. The van der Waals surface area contributed by atoms with E-state index in [1.807, 2.05) is 11.8 Å². The van der Waals surface area contributed by atoms with Crippen molar-refractivity contribution in [3.05, 3.63) is 5.37 Å². The van der Waals surface area contributed by atoms with Crippen LogP contribution in [0, 0.1) is 5.37 Å². The summed E-state index contributed by atoms with van der Waals surface area (Å²) in [4.78, 5) is 2.28. The predicted molar refractivity (Wildman–Crippen MR) is 34.0 cm³/mol. The lowest BCUT2D eigenvalue weighted by Gasteiger charge is -2.09. The SMILES string of the molecule is C[C]1SCCN1C. The second-order valence-corrected chi connectivity index (χ2v) is 3.08. The van der Waals surface area contributed by atoms with Crippen molar-refractivity contribution < 1.29 is 0 Å². The lowest BCUT2D eigenvalue weighted by Crippen LogP contribution is -2.13. The summed E-state index contributed by atoms with van der Waals surface area (Å²) in [6.45, 7) is 3.40. The Kier molecular flexibility index (Phi) is 1.60. The summed E-state index contributed by atoms with van der Waals surface area (Å²) in [6, 6.07) is 0. The van der Waals surface area contributed by atoms with Crippen LogP contribution in [-0.2, 0) is 0 Å². The van der Waals surface area contributed by atoms with Gasteiger partial charge in [-0.1, -0.05) is 0 Å². The van der Waals surface area contributed by atoms with E-state index in [1.165, 1.54) is 17.7 Å². The Morgan fingerprint density at radius 1 is 1.71 bits per heavy atom. The van der Waals surface area contributed by atoms with Crippen LogP contribution in [0.4, 0.5) is 0 Å². The van der Waals surface area contributed by atoms with Crippen LogP contribution in [0.3, 0.4) is 0 Å². The second kappa shape index (κ2) is 2.05. The van der Waals surface area contributed by atoms with Crippen LogP contribution in [0.1, 0.15) is 6.92 Å². The van der Waals surface area contributed by atoms with Crippen LogP contribution in [0.15, 0.2) is 0 Å². The van der Waals surface area contributed by atoms with E-state index in [2.05, 4.69) is 18.9 Å². The topological polar surface area (TPSA) is 3.24 Å². The molecule has 1 aliphatic rings. The monoisotopic (exact) mass is 116 g/mol. The summed E-state index contributed by atoms with van der Waals surface area (Å²) < 4.78 is 0. The summed E-state index contributed by atoms with van der Waals surface area (Å²) >= 11 is 1.95. The summed E-state index contributed by atoms with van der Waals surface area (Å²) in [5.74, 6) is 1.28. The molecule has 0 N–H and O–H groups in total. The zero-order valence-corrected chi connectivity index (χ0v) is 5.59. The molecule has 2 heteroatoms. The van der Waals surface area contributed by atoms with Gasteiger partial charge in [0.05, 0.1) is 5.37 Å². The van der Waals surface area contributed by atoms with Gasteiger partial charge in [0.1, 0.15) is 0 Å². The van der Waals surface area contributed by atoms with E-state index in [0.717, 1.165) is 0 Å². The molecule has 1 saturated heterocycles. The smallest absolute Gasteiger partial charge is 0.0917 e. The standard InChI is InChI=1S/C5H10NS/c1-5-6(2)3-4-7-5/h3-4H2,1-2H3. The molecule has 0 bridgehead atoms. The van der Waals surface area contributed by atoms with E-state index < -0.39 is 0 Å². The summed E-state index contributed by atoms with van der Waals surface area (Å²) in [5.41, 5.74) is 0. The first-order valence-electron chi connectivity index (χ1n) is 2.48. The van der Waals surface area contributed by atoms with Gasteiger partial charge in [-0.2, -0.15) is 0 Å². The predicted octanol–water partition coefficient (Wildman–Crippen LogP) is 1.17. The minimum absolute atomic E-state index is 1.23. The van der Waals surface area contributed by atoms with Crippen LogP contribution in [0.2, 0.25) is 0 Å². The molecule has 0 unspecified atom stereocenters. The highest BCUT2D eigenvalue weighted by molar-refractivity contribution is 8.02. The maximum absolute atomic E-state index is 2.28. The quantitative estimate of drug-likeness (QED) is 0.467. The minimum Gasteiger partial charge on any atom is -0.289 e. The van der Waals surface area contributed by atoms with Gasteiger partial charge >= 0.3 is 0 Å². The van der Waals surface area contributed by atoms with Gasteiger partial charge in [-0.05, 0) is 14.0 Å². The highest BCUT2D eigenvalue weighted by Crippen LogP contribution is 2.27. The van der Waals surface area contributed by atoms with Gasteiger partial charge in [0, 0.05) is 12.3 Å². The molecule has 7 heavy (non-hydrogen) atoms. The highest BCUT2D eigenvalue weighted by atomic mass is 32.2.